The highest BCUT2D eigenvalue weighted by Gasteiger charge is 2.35. The number of ether oxygens (including phenoxy) is 2. The third-order valence-corrected chi connectivity index (χ3v) is 3.26. The highest BCUT2D eigenvalue weighted by atomic mass is 16.6. The first kappa shape index (κ1) is 15.5. The fourth-order valence-corrected chi connectivity index (χ4v) is 2.17. The summed E-state index contributed by atoms with van der Waals surface area (Å²) in [5, 5.41) is 9.94. The number of unbranched alkanes of at least 4 members (excludes halogenated alkanes) is 1. The Morgan fingerprint density at radius 2 is 2.38 bits per heavy atom. The molecule has 0 saturated carbocycles. The van der Waals surface area contributed by atoms with Crippen molar-refractivity contribution >= 4 is 0 Å². The van der Waals surface area contributed by atoms with Crippen molar-refractivity contribution in [1.29, 1.82) is 0 Å². The van der Waals surface area contributed by atoms with Crippen LogP contribution in [0, 0.1) is 12.3 Å². The molecule has 0 aromatic carbocycles. The standard InChI is InChI=1S/C14H18N2O5/c1-2-3-4-7-20-9-11-10(17)8-13(21-11)16-6-5-12(18)15-14(16)19/h1,5-6,10-11,13,17H,3-4,7-9H2,(H,15,18,19)/t10-,11+,13+/m0/s1. The molecule has 2 rings (SSSR count). The second-order valence-corrected chi connectivity index (χ2v) is 4.83. The summed E-state index contributed by atoms with van der Waals surface area (Å²) in [6.07, 6.45) is 6.32. The van der Waals surface area contributed by atoms with Gasteiger partial charge in [0.15, 0.2) is 0 Å². The number of aromatic amines is 1. The smallest absolute Gasteiger partial charge is 0.330 e. The van der Waals surface area contributed by atoms with E-state index < -0.39 is 29.7 Å². The molecular formula is C14H18N2O5. The van der Waals surface area contributed by atoms with Gasteiger partial charge in [0.05, 0.1) is 12.7 Å². The van der Waals surface area contributed by atoms with Gasteiger partial charge in [-0.25, -0.2) is 4.79 Å². The average molecular weight is 294 g/mol. The largest absolute Gasteiger partial charge is 0.390 e. The highest BCUT2D eigenvalue weighted by molar-refractivity contribution is 4.88. The molecule has 0 spiro atoms. The predicted molar refractivity (Wildman–Crippen MR) is 74.7 cm³/mol. The molecule has 0 aliphatic carbocycles. The summed E-state index contributed by atoms with van der Waals surface area (Å²) in [5.74, 6) is 2.52. The molecule has 1 fully saturated rings. The van der Waals surface area contributed by atoms with E-state index in [0.717, 1.165) is 6.42 Å². The SMILES string of the molecule is C#CCCCOC[C@H]1O[C@@H](n2ccc(=O)[nH]c2=O)C[C@@H]1O. The second-order valence-electron chi connectivity index (χ2n) is 4.83. The van der Waals surface area contributed by atoms with Crippen LogP contribution in [0.15, 0.2) is 21.9 Å². The average Bonchev–Trinajstić information content (AvgIpc) is 2.80. The maximum absolute atomic E-state index is 11.7. The van der Waals surface area contributed by atoms with Crippen LogP contribution in [0.5, 0.6) is 0 Å². The van der Waals surface area contributed by atoms with Gasteiger partial charge in [-0.3, -0.25) is 14.3 Å². The van der Waals surface area contributed by atoms with Crippen molar-refractivity contribution in [3.8, 4) is 12.3 Å². The van der Waals surface area contributed by atoms with Crippen LogP contribution >= 0.6 is 0 Å². The van der Waals surface area contributed by atoms with Crippen LogP contribution in [0.25, 0.3) is 0 Å². The summed E-state index contributed by atoms with van der Waals surface area (Å²) in [5.41, 5.74) is -1.03. The lowest BCUT2D eigenvalue weighted by molar-refractivity contribution is -0.0635. The number of hydrogen-bond donors (Lipinski definition) is 2. The number of hydrogen-bond acceptors (Lipinski definition) is 5. The molecule has 0 bridgehead atoms. The van der Waals surface area contributed by atoms with Gasteiger partial charge in [-0.2, -0.15) is 0 Å². The first-order valence-corrected chi connectivity index (χ1v) is 6.78. The van der Waals surface area contributed by atoms with Crippen molar-refractivity contribution < 1.29 is 14.6 Å². The molecule has 1 aromatic heterocycles. The van der Waals surface area contributed by atoms with E-state index in [2.05, 4.69) is 10.9 Å². The Kier molecular flexibility index (Phi) is 5.33. The van der Waals surface area contributed by atoms with Gasteiger partial charge in [-0.15, -0.1) is 12.3 Å². The summed E-state index contributed by atoms with van der Waals surface area (Å²) in [4.78, 5) is 24.8. The number of H-pyrrole nitrogens is 1. The fourth-order valence-electron chi connectivity index (χ4n) is 2.17. The van der Waals surface area contributed by atoms with E-state index in [0.29, 0.717) is 13.0 Å². The molecule has 1 aliphatic heterocycles. The molecule has 7 nitrogen and oxygen atoms in total. The first-order chi connectivity index (χ1) is 10.1. The minimum Gasteiger partial charge on any atom is -0.390 e. The van der Waals surface area contributed by atoms with E-state index in [1.54, 1.807) is 0 Å². The number of aliphatic hydroxyl groups is 1. The summed E-state index contributed by atoms with van der Waals surface area (Å²) in [7, 11) is 0. The minimum atomic E-state index is -0.721. The Morgan fingerprint density at radius 1 is 1.57 bits per heavy atom. The van der Waals surface area contributed by atoms with E-state index in [1.807, 2.05) is 0 Å². The Bertz CT molecular complexity index is 615. The van der Waals surface area contributed by atoms with Crippen molar-refractivity contribution in [3.05, 3.63) is 33.1 Å². The van der Waals surface area contributed by atoms with E-state index in [-0.39, 0.29) is 13.0 Å². The third kappa shape index (κ3) is 4.04. The summed E-state index contributed by atoms with van der Waals surface area (Å²) >= 11 is 0. The molecule has 114 valence electrons. The molecule has 2 heterocycles. The van der Waals surface area contributed by atoms with Crippen molar-refractivity contribution in [2.24, 2.45) is 0 Å². The lowest BCUT2D eigenvalue weighted by Crippen LogP contribution is -2.31. The number of rotatable bonds is 6. The van der Waals surface area contributed by atoms with Gasteiger partial charge < -0.3 is 14.6 Å². The Balaban J connectivity index is 1.90. The predicted octanol–water partition coefficient (Wildman–Crippen LogP) is -0.385. The zero-order valence-corrected chi connectivity index (χ0v) is 11.5. The van der Waals surface area contributed by atoms with Gasteiger partial charge in [-0.05, 0) is 6.42 Å². The van der Waals surface area contributed by atoms with Crippen molar-refractivity contribution in [1.82, 2.24) is 9.55 Å². The van der Waals surface area contributed by atoms with Crippen LogP contribution in [-0.4, -0.2) is 40.1 Å². The number of aromatic nitrogens is 2. The van der Waals surface area contributed by atoms with Crippen molar-refractivity contribution in [2.45, 2.75) is 37.7 Å². The van der Waals surface area contributed by atoms with Crippen LogP contribution in [-0.2, 0) is 9.47 Å². The molecule has 0 radical (unpaired) electrons. The first-order valence-electron chi connectivity index (χ1n) is 6.78. The Hall–Kier alpha value is -1.88. The van der Waals surface area contributed by atoms with Crippen molar-refractivity contribution in [2.75, 3.05) is 13.2 Å². The molecule has 2 N–H and O–H groups in total. The van der Waals surface area contributed by atoms with Gasteiger partial charge in [0, 0.05) is 31.7 Å². The summed E-state index contributed by atoms with van der Waals surface area (Å²) < 4.78 is 12.3. The molecule has 0 amide bonds. The normalized spacial score (nSPS) is 24.9. The number of aliphatic hydroxyl groups excluding tert-OH is 1. The zero-order chi connectivity index (χ0) is 15.2. The second kappa shape index (κ2) is 7.22. The molecular weight excluding hydrogens is 276 g/mol. The maximum atomic E-state index is 11.7. The van der Waals surface area contributed by atoms with E-state index in [1.165, 1.54) is 16.8 Å². The Morgan fingerprint density at radius 3 is 3.10 bits per heavy atom. The summed E-state index contributed by atoms with van der Waals surface area (Å²) in [6.45, 7) is 0.737. The lowest BCUT2D eigenvalue weighted by atomic mass is 10.2. The summed E-state index contributed by atoms with van der Waals surface area (Å²) in [6, 6.07) is 1.24. The van der Waals surface area contributed by atoms with Gasteiger partial charge >= 0.3 is 5.69 Å². The number of nitrogens with one attached hydrogen (secondary N) is 1. The van der Waals surface area contributed by atoms with Gasteiger partial charge in [0.1, 0.15) is 12.3 Å². The molecule has 3 atom stereocenters. The van der Waals surface area contributed by atoms with Crippen LogP contribution < -0.4 is 11.2 Å². The van der Waals surface area contributed by atoms with Crippen LogP contribution in [0.2, 0.25) is 0 Å². The van der Waals surface area contributed by atoms with Gasteiger partial charge in [-0.1, -0.05) is 0 Å². The van der Waals surface area contributed by atoms with E-state index in [4.69, 9.17) is 15.9 Å². The van der Waals surface area contributed by atoms with Gasteiger partial charge in [0.2, 0.25) is 0 Å². The monoisotopic (exact) mass is 294 g/mol. The molecule has 1 aliphatic rings. The molecule has 21 heavy (non-hydrogen) atoms. The number of terminal acetylenes is 1. The molecule has 7 heteroatoms. The lowest BCUT2D eigenvalue weighted by Gasteiger charge is -2.16. The fraction of sp³-hybridized carbons (Fsp3) is 0.571. The van der Waals surface area contributed by atoms with Crippen LogP contribution in [0.4, 0.5) is 0 Å². The Labute approximate surface area is 121 Å². The van der Waals surface area contributed by atoms with Crippen molar-refractivity contribution in [3.63, 3.8) is 0 Å². The zero-order valence-electron chi connectivity index (χ0n) is 11.5. The van der Waals surface area contributed by atoms with E-state index in [9.17, 15) is 14.7 Å². The molecule has 0 unspecified atom stereocenters. The van der Waals surface area contributed by atoms with Gasteiger partial charge in [0.25, 0.3) is 5.56 Å². The quantitative estimate of drug-likeness (QED) is 0.551. The van der Waals surface area contributed by atoms with Crippen LogP contribution in [0.1, 0.15) is 25.5 Å². The number of nitrogens with zero attached hydrogens (tertiary/aromatic N) is 1. The minimum absolute atomic E-state index is 0.236. The highest BCUT2D eigenvalue weighted by Crippen LogP contribution is 2.27. The topological polar surface area (TPSA) is 93.5 Å². The molecule has 1 saturated heterocycles. The maximum Gasteiger partial charge on any atom is 0.330 e. The van der Waals surface area contributed by atoms with E-state index >= 15 is 0 Å². The van der Waals surface area contributed by atoms with Crippen LogP contribution in [0.3, 0.4) is 0 Å². The molecule has 1 aromatic rings. The third-order valence-electron chi connectivity index (χ3n) is 3.26.